The molecule has 20 heavy (non-hydrogen) atoms. The largest absolute Gasteiger partial charge is 0.507 e. The molecule has 7 heteroatoms. The fourth-order valence-electron chi connectivity index (χ4n) is 1.53. The zero-order chi connectivity index (χ0) is 14.9. The number of nitrogens with one attached hydrogen (secondary N) is 1. The summed E-state index contributed by atoms with van der Waals surface area (Å²) in [6.07, 6.45) is 0. The fraction of sp³-hybridized carbons (Fsp3) is 0. The topological polar surface area (TPSA) is 69.6 Å². The van der Waals surface area contributed by atoms with Crippen LogP contribution in [-0.4, -0.2) is 16.1 Å². The van der Waals surface area contributed by atoms with Gasteiger partial charge >= 0.3 is 0 Å². The lowest BCUT2D eigenvalue weighted by atomic mass is 10.2. The van der Waals surface area contributed by atoms with Crippen molar-refractivity contribution in [1.82, 2.24) is 0 Å². The van der Waals surface area contributed by atoms with Gasteiger partial charge in [0.25, 0.3) is 5.91 Å². The molecule has 0 atom stereocenters. The summed E-state index contributed by atoms with van der Waals surface area (Å²) >= 11 is 12.1. The number of anilines is 1. The number of hydrogen-bond donors (Lipinski definition) is 3. The quantitative estimate of drug-likeness (QED) is 0.624. The molecule has 0 aliphatic carbocycles. The minimum absolute atomic E-state index is 0.0357. The van der Waals surface area contributed by atoms with Gasteiger partial charge in [-0.25, -0.2) is 0 Å². The molecule has 0 unspecified atom stereocenters. The number of carbonyl (C=O) groups is 1. The van der Waals surface area contributed by atoms with Crippen LogP contribution in [0.2, 0.25) is 5.02 Å². The Kier molecular flexibility index (Phi) is 4.57. The third-order valence-corrected chi connectivity index (χ3v) is 3.92. The molecule has 104 valence electrons. The summed E-state index contributed by atoms with van der Waals surface area (Å²) in [6, 6.07) is 7.29. The van der Waals surface area contributed by atoms with Crippen LogP contribution in [0.1, 0.15) is 10.4 Å². The minimum Gasteiger partial charge on any atom is -0.507 e. The Hall–Kier alpha value is -1.24. The second-order valence-corrected chi connectivity index (χ2v) is 6.05. The molecule has 3 N–H and O–H groups in total. The number of phenolic OH excluding ortho intramolecular Hbond substituents is 2. The van der Waals surface area contributed by atoms with Crippen LogP contribution in [-0.2, 0) is 0 Å². The monoisotopic (exact) mass is 419 g/mol. The van der Waals surface area contributed by atoms with Gasteiger partial charge in [0.2, 0.25) is 0 Å². The number of carbonyl (C=O) groups excluding carboxylic acids is 1. The number of amides is 1. The molecule has 0 saturated carbocycles. The first-order valence-electron chi connectivity index (χ1n) is 5.36. The molecule has 0 fully saturated rings. The van der Waals surface area contributed by atoms with Crippen LogP contribution in [0.3, 0.4) is 0 Å². The summed E-state index contributed by atoms with van der Waals surface area (Å²) in [5.41, 5.74) is 0.517. The first-order valence-corrected chi connectivity index (χ1v) is 7.32. The van der Waals surface area contributed by atoms with E-state index in [1.807, 2.05) is 0 Å². The Morgan fingerprint density at radius 1 is 1.10 bits per heavy atom. The van der Waals surface area contributed by atoms with Gasteiger partial charge in [-0.1, -0.05) is 11.6 Å². The number of benzene rings is 2. The smallest absolute Gasteiger partial charge is 0.259 e. The van der Waals surface area contributed by atoms with Crippen molar-refractivity contribution in [2.45, 2.75) is 0 Å². The molecule has 0 spiro atoms. The normalized spacial score (nSPS) is 10.3. The van der Waals surface area contributed by atoms with Crippen LogP contribution in [0.15, 0.2) is 39.3 Å². The molecule has 2 aromatic rings. The van der Waals surface area contributed by atoms with Crippen molar-refractivity contribution in [2.24, 2.45) is 0 Å². The Bertz CT molecular complexity index is 668. The van der Waals surface area contributed by atoms with Crippen molar-refractivity contribution in [2.75, 3.05) is 5.32 Å². The average Bonchev–Trinajstić information content (AvgIpc) is 2.38. The fourth-order valence-corrected chi connectivity index (χ4v) is 2.88. The van der Waals surface area contributed by atoms with E-state index < -0.39 is 5.91 Å². The molecule has 0 radical (unpaired) electrons. The Labute approximate surface area is 136 Å². The van der Waals surface area contributed by atoms with E-state index in [2.05, 4.69) is 37.2 Å². The van der Waals surface area contributed by atoms with Crippen LogP contribution < -0.4 is 5.32 Å². The number of rotatable bonds is 2. The molecule has 0 aliphatic rings. The highest BCUT2D eigenvalue weighted by Gasteiger charge is 2.13. The zero-order valence-corrected chi connectivity index (χ0v) is 13.8. The van der Waals surface area contributed by atoms with Gasteiger partial charge in [0.1, 0.15) is 11.5 Å². The van der Waals surface area contributed by atoms with Crippen LogP contribution in [0, 0.1) is 0 Å². The van der Waals surface area contributed by atoms with E-state index in [1.54, 1.807) is 12.1 Å². The van der Waals surface area contributed by atoms with Gasteiger partial charge in [-0.15, -0.1) is 0 Å². The van der Waals surface area contributed by atoms with Crippen LogP contribution in [0.5, 0.6) is 11.5 Å². The van der Waals surface area contributed by atoms with E-state index >= 15 is 0 Å². The molecule has 1 amide bonds. The Balaban J connectivity index is 2.30. The summed E-state index contributed by atoms with van der Waals surface area (Å²) in [5, 5.41) is 22.2. The maximum Gasteiger partial charge on any atom is 0.259 e. The highest BCUT2D eigenvalue weighted by Crippen LogP contribution is 2.35. The van der Waals surface area contributed by atoms with Crippen LogP contribution >= 0.6 is 43.5 Å². The van der Waals surface area contributed by atoms with E-state index in [9.17, 15) is 15.0 Å². The van der Waals surface area contributed by atoms with E-state index in [-0.39, 0.29) is 17.1 Å². The van der Waals surface area contributed by atoms with Crippen molar-refractivity contribution in [1.29, 1.82) is 0 Å². The average molecular weight is 421 g/mol. The summed E-state index contributed by atoms with van der Waals surface area (Å²) in [7, 11) is 0. The maximum atomic E-state index is 12.1. The third kappa shape index (κ3) is 3.26. The second kappa shape index (κ2) is 6.03. The first-order chi connectivity index (χ1) is 9.38. The molecular formula is C13H8Br2ClNO3. The number of halogens is 3. The van der Waals surface area contributed by atoms with Crippen molar-refractivity contribution in [3.8, 4) is 11.5 Å². The van der Waals surface area contributed by atoms with E-state index in [4.69, 9.17) is 11.6 Å². The Morgan fingerprint density at radius 2 is 1.70 bits per heavy atom. The van der Waals surface area contributed by atoms with Crippen molar-refractivity contribution in [3.63, 3.8) is 0 Å². The minimum atomic E-state index is -0.505. The van der Waals surface area contributed by atoms with E-state index in [1.165, 1.54) is 18.2 Å². The highest BCUT2D eigenvalue weighted by atomic mass is 79.9. The van der Waals surface area contributed by atoms with E-state index in [0.29, 0.717) is 19.7 Å². The van der Waals surface area contributed by atoms with Gasteiger partial charge in [0.05, 0.1) is 14.5 Å². The summed E-state index contributed by atoms with van der Waals surface area (Å²) in [4.78, 5) is 12.1. The summed E-state index contributed by atoms with van der Waals surface area (Å²) < 4.78 is 0.856. The third-order valence-electron chi connectivity index (χ3n) is 2.48. The van der Waals surface area contributed by atoms with Crippen molar-refractivity contribution in [3.05, 3.63) is 49.9 Å². The van der Waals surface area contributed by atoms with Crippen LogP contribution in [0.25, 0.3) is 0 Å². The Morgan fingerprint density at radius 3 is 2.30 bits per heavy atom. The second-order valence-electron chi connectivity index (χ2n) is 3.90. The number of phenols is 2. The molecule has 0 saturated heterocycles. The molecule has 0 heterocycles. The SMILES string of the molecule is O=C(Nc1cc(Br)c(O)c(Br)c1)c1cc(Cl)ccc1O. The predicted molar refractivity (Wildman–Crippen MR) is 84.6 cm³/mol. The predicted octanol–water partition coefficient (Wildman–Crippen LogP) is 4.53. The van der Waals surface area contributed by atoms with Gasteiger partial charge < -0.3 is 15.5 Å². The zero-order valence-electron chi connectivity index (χ0n) is 9.82. The van der Waals surface area contributed by atoms with Gasteiger partial charge in [0.15, 0.2) is 0 Å². The van der Waals surface area contributed by atoms with Crippen molar-refractivity contribution >= 4 is 55.1 Å². The molecule has 2 aromatic carbocycles. The standard InChI is InChI=1S/C13H8Br2ClNO3/c14-9-4-7(5-10(15)12(9)19)17-13(20)8-3-6(16)1-2-11(8)18/h1-5,18-19H,(H,17,20). The lowest BCUT2D eigenvalue weighted by molar-refractivity contribution is 0.102. The van der Waals surface area contributed by atoms with E-state index in [0.717, 1.165) is 0 Å². The summed E-state index contributed by atoms with van der Waals surface area (Å²) in [6.45, 7) is 0. The van der Waals surface area contributed by atoms with Crippen molar-refractivity contribution < 1.29 is 15.0 Å². The van der Waals surface area contributed by atoms with Crippen LogP contribution in [0.4, 0.5) is 5.69 Å². The number of aromatic hydroxyl groups is 2. The van der Waals surface area contributed by atoms with Gasteiger partial charge in [-0.2, -0.15) is 0 Å². The summed E-state index contributed by atoms with van der Waals surface area (Å²) in [5.74, 6) is -0.632. The highest BCUT2D eigenvalue weighted by molar-refractivity contribution is 9.11. The maximum absolute atomic E-state index is 12.1. The molecular weight excluding hydrogens is 413 g/mol. The molecule has 0 aliphatic heterocycles. The van der Waals surface area contributed by atoms with Gasteiger partial charge in [0, 0.05) is 10.7 Å². The lowest BCUT2D eigenvalue weighted by Crippen LogP contribution is -2.12. The first kappa shape index (κ1) is 15.2. The molecule has 4 nitrogen and oxygen atoms in total. The lowest BCUT2D eigenvalue weighted by Gasteiger charge is -2.09. The number of hydrogen-bond acceptors (Lipinski definition) is 3. The molecule has 0 aromatic heterocycles. The molecule has 2 rings (SSSR count). The van der Waals surface area contributed by atoms with Gasteiger partial charge in [-0.05, 0) is 62.2 Å². The molecule has 0 bridgehead atoms. The van der Waals surface area contributed by atoms with Gasteiger partial charge in [-0.3, -0.25) is 4.79 Å².